The number of hydrogen-bond donors (Lipinski definition) is 0. The molecular formula is C10H15NP+. The second-order valence-electron chi connectivity index (χ2n) is 2.79. The minimum atomic E-state index is -0.204. The highest BCUT2D eigenvalue weighted by Crippen LogP contribution is 2.22. The molecule has 0 aliphatic rings. The van der Waals surface area contributed by atoms with E-state index in [1.165, 1.54) is 5.30 Å². The molecule has 1 unspecified atom stereocenters. The fraction of sp³-hybridized carbons (Fsp3) is 0.300. The maximum Gasteiger partial charge on any atom is 0.218 e. The van der Waals surface area contributed by atoms with E-state index in [0.717, 1.165) is 0 Å². The Bertz CT molecular complexity index is 264. The molecule has 0 radical (unpaired) electrons. The van der Waals surface area contributed by atoms with Gasteiger partial charge in [0.1, 0.15) is 5.80 Å². The van der Waals surface area contributed by atoms with Crippen LogP contribution < -0.4 is 5.30 Å². The molecule has 0 saturated carbocycles. The van der Waals surface area contributed by atoms with E-state index in [9.17, 15) is 0 Å². The first-order chi connectivity index (χ1) is 5.75. The summed E-state index contributed by atoms with van der Waals surface area (Å²) in [6, 6.07) is 10.6. The highest BCUT2D eigenvalue weighted by molar-refractivity contribution is 7.62. The van der Waals surface area contributed by atoms with Crippen LogP contribution in [0, 0.1) is 0 Å². The van der Waals surface area contributed by atoms with Gasteiger partial charge in [-0.15, -0.1) is 4.67 Å². The zero-order valence-electron chi connectivity index (χ0n) is 7.86. The highest BCUT2D eigenvalue weighted by atomic mass is 31.1. The van der Waals surface area contributed by atoms with Gasteiger partial charge in [0.25, 0.3) is 0 Å². The Hall–Kier alpha value is -0.650. The zero-order valence-corrected chi connectivity index (χ0v) is 8.75. The summed E-state index contributed by atoms with van der Waals surface area (Å²) in [7, 11) is 4.04. The molecule has 0 fully saturated rings. The van der Waals surface area contributed by atoms with E-state index in [0.29, 0.717) is 0 Å². The van der Waals surface area contributed by atoms with Crippen molar-refractivity contribution in [1.82, 2.24) is 4.67 Å². The third-order valence-corrected chi connectivity index (χ3v) is 3.87. The van der Waals surface area contributed by atoms with E-state index < -0.39 is 0 Å². The number of hydrogen-bond acceptors (Lipinski definition) is 1. The molecule has 0 N–H and O–H groups in total. The predicted molar refractivity (Wildman–Crippen MR) is 58.4 cm³/mol. The summed E-state index contributed by atoms with van der Waals surface area (Å²) in [5.41, 5.74) is 0. The van der Waals surface area contributed by atoms with E-state index in [4.69, 9.17) is 0 Å². The monoisotopic (exact) mass is 180 g/mol. The maximum absolute atomic E-state index is 2.27. The standard InChI is InChI=1S/C10H15NP/c1-4-12(11(2)3)10-8-6-5-7-9-10/h4-9H,1-3H3/q+1. The first-order valence-electron chi connectivity index (χ1n) is 4.06. The van der Waals surface area contributed by atoms with Crippen LogP contribution in [0.5, 0.6) is 0 Å². The van der Waals surface area contributed by atoms with Crippen LogP contribution >= 0.6 is 7.70 Å². The minimum Gasteiger partial charge on any atom is -0.133 e. The Morgan fingerprint density at radius 3 is 2.17 bits per heavy atom. The molecule has 0 aliphatic carbocycles. The SMILES string of the molecule is CC=[P+](c1ccccc1)N(C)C. The predicted octanol–water partition coefficient (Wildman–Crippen LogP) is 2.09. The van der Waals surface area contributed by atoms with Crippen molar-refractivity contribution in [3.63, 3.8) is 0 Å². The summed E-state index contributed by atoms with van der Waals surface area (Å²) in [5.74, 6) is 2.27. The second-order valence-corrected chi connectivity index (χ2v) is 5.31. The lowest BCUT2D eigenvalue weighted by Crippen LogP contribution is -2.09. The van der Waals surface area contributed by atoms with Crippen LogP contribution in [-0.4, -0.2) is 24.6 Å². The number of nitrogens with zero attached hydrogens (tertiary/aromatic N) is 1. The van der Waals surface area contributed by atoms with Crippen molar-refractivity contribution in [2.75, 3.05) is 14.1 Å². The van der Waals surface area contributed by atoms with Crippen molar-refractivity contribution in [2.45, 2.75) is 6.92 Å². The van der Waals surface area contributed by atoms with Gasteiger partial charge in [-0.25, -0.2) is 0 Å². The summed E-state index contributed by atoms with van der Waals surface area (Å²) in [5, 5.41) is 1.42. The smallest absolute Gasteiger partial charge is 0.133 e. The molecule has 1 aromatic rings. The van der Waals surface area contributed by atoms with Crippen LogP contribution in [0.25, 0.3) is 0 Å². The summed E-state index contributed by atoms with van der Waals surface area (Å²) in [4.78, 5) is 0. The topological polar surface area (TPSA) is 3.24 Å². The highest BCUT2D eigenvalue weighted by Gasteiger charge is 2.14. The molecule has 1 nitrogen and oxygen atoms in total. The van der Waals surface area contributed by atoms with Gasteiger partial charge in [0.15, 0.2) is 5.30 Å². The quantitative estimate of drug-likeness (QED) is 0.630. The molecule has 1 rings (SSSR count). The van der Waals surface area contributed by atoms with Crippen LogP contribution in [0.15, 0.2) is 30.3 Å². The van der Waals surface area contributed by atoms with Gasteiger partial charge in [0.05, 0.1) is 0 Å². The molecule has 0 heterocycles. The summed E-state index contributed by atoms with van der Waals surface area (Å²) < 4.78 is 2.27. The summed E-state index contributed by atoms with van der Waals surface area (Å²) >= 11 is 0. The van der Waals surface area contributed by atoms with Gasteiger partial charge in [-0.1, -0.05) is 18.2 Å². The van der Waals surface area contributed by atoms with Crippen LogP contribution in [0.1, 0.15) is 6.92 Å². The van der Waals surface area contributed by atoms with E-state index in [1.54, 1.807) is 0 Å². The first kappa shape index (κ1) is 9.44. The van der Waals surface area contributed by atoms with Gasteiger partial charge in [-0.2, -0.15) is 0 Å². The zero-order chi connectivity index (χ0) is 8.97. The van der Waals surface area contributed by atoms with E-state index in [-0.39, 0.29) is 7.70 Å². The Morgan fingerprint density at radius 1 is 1.17 bits per heavy atom. The van der Waals surface area contributed by atoms with Gasteiger partial charge in [-0.3, -0.25) is 0 Å². The van der Waals surface area contributed by atoms with Crippen LogP contribution in [-0.2, 0) is 0 Å². The molecule has 64 valence electrons. The first-order valence-corrected chi connectivity index (χ1v) is 5.43. The van der Waals surface area contributed by atoms with Gasteiger partial charge in [0, 0.05) is 14.1 Å². The Morgan fingerprint density at radius 2 is 1.75 bits per heavy atom. The summed E-state index contributed by atoms with van der Waals surface area (Å²) in [6.45, 7) is 2.12. The van der Waals surface area contributed by atoms with Crippen molar-refractivity contribution >= 4 is 18.8 Å². The average molecular weight is 180 g/mol. The summed E-state index contributed by atoms with van der Waals surface area (Å²) in [6.07, 6.45) is 0. The molecule has 0 bridgehead atoms. The lowest BCUT2D eigenvalue weighted by Gasteiger charge is -2.00. The van der Waals surface area contributed by atoms with Gasteiger partial charge < -0.3 is 0 Å². The van der Waals surface area contributed by atoms with E-state index in [2.05, 4.69) is 61.8 Å². The maximum atomic E-state index is 2.27. The van der Waals surface area contributed by atoms with Crippen LogP contribution in [0.3, 0.4) is 0 Å². The number of rotatable bonds is 2. The third kappa shape index (κ3) is 2.17. The Labute approximate surface area is 75.5 Å². The largest absolute Gasteiger partial charge is 0.218 e. The molecule has 0 aromatic heterocycles. The Kier molecular flexibility index (Phi) is 3.46. The molecule has 12 heavy (non-hydrogen) atoms. The van der Waals surface area contributed by atoms with Crippen molar-refractivity contribution in [1.29, 1.82) is 0 Å². The average Bonchev–Trinajstić information content (AvgIpc) is 2.07. The van der Waals surface area contributed by atoms with Crippen molar-refractivity contribution < 1.29 is 0 Å². The molecule has 1 atom stereocenters. The molecule has 0 spiro atoms. The number of benzene rings is 1. The lowest BCUT2D eigenvalue weighted by atomic mass is 10.4. The van der Waals surface area contributed by atoms with Crippen molar-refractivity contribution in [3.05, 3.63) is 30.3 Å². The molecule has 0 saturated heterocycles. The van der Waals surface area contributed by atoms with E-state index >= 15 is 0 Å². The lowest BCUT2D eigenvalue weighted by molar-refractivity contribution is 0.694. The van der Waals surface area contributed by atoms with Gasteiger partial charge >= 0.3 is 0 Å². The minimum absolute atomic E-state index is 0.204. The third-order valence-electron chi connectivity index (χ3n) is 1.70. The van der Waals surface area contributed by atoms with Crippen LogP contribution in [0.2, 0.25) is 0 Å². The molecule has 0 aliphatic heterocycles. The molecule has 1 aromatic carbocycles. The Balaban J connectivity index is 2.97. The van der Waals surface area contributed by atoms with Crippen molar-refractivity contribution in [3.8, 4) is 0 Å². The fourth-order valence-corrected chi connectivity index (χ4v) is 2.89. The van der Waals surface area contributed by atoms with Gasteiger partial charge in [0.2, 0.25) is 7.70 Å². The van der Waals surface area contributed by atoms with E-state index in [1.807, 2.05) is 0 Å². The fourth-order valence-electron chi connectivity index (χ4n) is 1.19. The molecule has 2 heteroatoms. The second kappa shape index (κ2) is 4.39. The normalized spacial score (nSPS) is 12.2. The van der Waals surface area contributed by atoms with Crippen LogP contribution in [0.4, 0.5) is 0 Å². The van der Waals surface area contributed by atoms with Crippen molar-refractivity contribution in [2.24, 2.45) is 0 Å². The van der Waals surface area contributed by atoms with Gasteiger partial charge in [-0.05, 0) is 19.1 Å². The molecule has 0 amide bonds. The molecular weight excluding hydrogens is 165 g/mol.